The molecule has 0 atom stereocenters. The molecule has 0 unspecified atom stereocenters. The first-order valence-corrected chi connectivity index (χ1v) is 9.68. The topological polar surface area (TPSA) is 55.4 Å². The third-order valence-electron chi connectivity index (χ3n) is 3.87. The van der Waals surface area contributed by atoms with Gasteiger partial charge in [0, 0.05) is 16.3 Å². The van der Waals surface area contributed by atoms with Crippen LogP contribution in [-0.4, -0.2) is 24.2 Å². The minimum Gasteiger partial charge on any atom is -0.456 e. The molecule has 2 rings (SSSR count). The highest BCUT2D eigenvalue weighted by Gasteiger charge is 2.13. The van der Waals surface area contributed by atoms with Crippen LogP contribution in [0.5, 0.6) is 0 Å². The quantitative estimate of drug-likeness (QED) is 0.536. The van der Waals surface area contributed by atoms with Gasteiger partial charge in [-0.15, -0.1) is 11.8 Å². The fraction of sp³-hybridized carbons (Fsp3) is 0.333. The molecule has 0 aromatic heterocycles. The van der Waals surface area contributed by atoms with Gasteiger partial charge in [0.2, 0.25) is 0 Å². The molecule has 0 radical (unpaired) electrons. The van der Waals surface area contributed by atoms with E-state index in [0.717, 1.165) is 21.7 Å². The van der Waals surface area contributed by atoms with Gasteiger partial charge in [-0.25, -0.2) is 0 Å². The number of para-hydroxylation sites is 1. The van der Waals surface area contributed by atoms with Crippen LogP contribution >= 0.6 is 11.8 Å². The maximum atomic E-state index is 12.1. The smallest absolute Gasteiger partial charge is 0.307 e. The maximum absolute atomic E-state index is 12.1. The molecule has 0 aliphatic rings. The lowest BCUT2D eigenvalue weighted by atomic mass is 9.98. The van der Waals surface area contributed by atoms with Gasteiger partial charge in [-0.1, -0.05) is 50.2 Å². The Bertz CT molecular complexity index is 744. The molecule has 0 aliphatic heterocycles. The summed E-state index contributed by atoms with van der Waals surface area (Å²) in [6.07, 6.45) is 0.272. The fourth-order valence-corrected chi connectivity index (χ4v) is 3.36. The Kier molecular flexibility index (Phi) is 7.73. The van der Waals surface area contributed by atoms with Gasteiger partial charge in [-0.2, -0.15) is 0 Å². The molecule has 0 aliphatic carbocycles. The second kappa shape index (κ2) is 10.0. The molecule has 1 N–H and O–H groups in total. The van der Waals surface area contributed by atoms with Crippen LogP contribution in [0.2, 0.25) is 0 Å². The molecule has 138 valence electrons. The van der Waals surface area contributed by atoms with Crippen molar-refractivity contribution in [2.45, 2.75) is 38.0 Å². The lowest BCUT2D eigenvalue weighted by Gasteiger charge is -2.16. The fourth-order valence-electron chi connectivity index (χ4n) is 2.50. The Morgan fingerprint density at radius 1 is 1.08 bits per heavy atom. The van der Waals surface area contributed by atoms with Crippen LogP contribution in [0.25, 0.3) is 0 Å². The van der Waals surface area contributed by atoms with E-state index in [0.29, 0.717) is 11.7 Å². The molecule has 4 nitrogen and oxygen atoms in total. The van der Waals surface area contributed by atoms with Crippen molar-refractivity contribution in [1.29, 1.82) is 0 Å². The van der Waals surface area contributed by atoms with Gasteiger partial charge in [0.05, 0.1) is 6.42 Å². The summed E-state index contributed by atoms with van der Waals surface area (Å²) in [5.74, 6) is 0.241. The monoisotopic (exact) mass is 371 g/mol. The number of anilines is 1. The normalized spacial score (nSPS) is 10.6. The summed E-state index contributed by atoms with van der Waals surface area (Å²) in [5, 5.41) is 2.88. The van der Waals surface area contributed by atoms with Crippen LogP contribution < -0.4 is 5.32 Å². The third kappa shape index (κ3) is 6.23. The number of hydrogen-bond acceptors (Lipinski definition) is 4. The summed E-state index contributed by atoms with van der Waals surface area (Å²) in [4.78, 5) is 25.1. The Labute approximate surface area is 159 Å². The molecule has 2 aromatic rings. The average molecular weight is 372 g/mol. The van der Waals surface area contributed by atoms with Crippen molar-refractivity contribution in [3.63, 3.8) is 0 Å². The Balaban J connectivity index is 1.77. The molecule has 0 saturated heterocycles. The molecular formula is C21H25NO3S. The first kappa shape index (κ1) is 20.0. The molecule has 26 heavy (non-hydrogen) atoms. The number of carbonyl (C=O) groups is 2. The summed E-state index contributed by atoms with van der Waals surface area (Å²) in [6, 6.07) is 15.8. The van der Waals surface area contributed by atoms with Crippen molar-refractivity contribution in [3.8, 4) is 0 Å². The number of carbonyl (C=O) groups excluding carboxylic acids is 2. The Morgan fingerprint density at radius 2 is 1.81 bits per heavy atom. The first-order chi connectivity index (χ1) is 12.5. The molecule has 0 heterocycles. The second-order valence-electron chi connectivity index (χ2n) is 6.31. The summed E-state index contributed by atoms with van der Waals surface area (Å²) in [6.45, 7) is 5.85. The van der Waals surface area contributed by atoms with E-state index in [4.69, 9.17) is 4.74 Å². The van der Waals surface area contributed by atoms with Crippen molar-refractivity contribution in [2.75, 3.05) is 17.7 Å². The molecule has 2 aromatic carbocycles. The predicted octanol–water partition coefficient (Wildman–Crippen LogP) is 4.78. The van der Waals surface area contributed by atoms with Crippen LogP contribution in [0.3, 0.4) is 0 Å². The number of aryl methyl sites for hydroxylation is 1. The van der Waals surface area contributed by atoms with Crippen molar-refractivity contribution >= 4 is 29.3 Å². The maximum Gasteiger partial charge on any atom is 0.307 e. The molecule has 0 spiro atoms. The van der Waals surface area contributed by atoms with Crippen molar-refractivity contribution in [1.82, 2.24) is 0 Å². The minimum absolute atomic E-state index is 0.263. The molecular weight excluding hydrogens is 346 g/mol. The highest BCUT2D eigenvalue weighted by Crippen LogP contribution is 2.27. The van der Waals surface area contributed by atoms with Crippen LogP contribution in [0.4, 0.5) is 5.69 Å². The first-order valence-electron chi connectivity index (χ1n) is 8.70. The van der Waals surface area contributed by atoms with Gasteiger partial charge in [0.25, 0.3) is 5.91 Å². The highest BCUT2D eigenvalue weighted by molar-refractivity contribution is 7.99. The number of rotatable bonds is 8. The van der Waals surface area contributed by atoms with E-state index in [-0.39, 0.29) is 24.9 Å². The van der Waals surface area contributed by atoms with E-state index in [1.54, 1.807) is 11.8 Å². The third-order valence-corrected chi connectivity index (χ3v) is 4.89. The van der Waals surface area contributed by atoms with Gasteiger partial charge in [0.1, 0.15) is 0 Å². The van der Waals surface area contributed by atoms with Crippen molar-refractivity contribution in [2.24, 2.45) is 0 Å². The average Bonchev–Trinajstić information content (AvgIpc) is 2.62. The number of hydrogen-bond donors (Lipinski definition) is 1. The molecule has 0 fully saturated rings. The highest BCUT2D eigenvalue weighted by atomic mass is 32.2. The summed E-state index contributed by atoms with van der Waals surface area (Å²) < 4.78 is 5.09. The van der Waals surface area contributed by atoms with Gasteiger partial charge in [0.15, 0.2) is 6.61 Å². The zero-order valence-electron chi connectivity index (χ0n) is 15.5. The molecule has 5 heteroatoms. The van der Waals surface area contributed by atoms with Gasteiger partial charge in [-0.05, 0) is 36.1 Å². The molecule has 1 amide bonds. The van der Waals surface area contributed by atoms with Gasteiger partial charge >= 0.3 is 5.97 Å². The number of esters is 1. The Hall–Kier alpha value is -2.27. The summed E-state index contributed by atoms with van der Waals surface area (Å²) in [7, 11) is 0. The van der Waals surface area contributed by atoms with Crippen LogP contribution in [0, 0.1) is 6.92 Å². The van der Waals surface area contributed by atoms with Crippen molar-refractivity contribution in [3.05, 3.63) is 59.7 Å². The largest absolute Gasteiger partial charge is 0.456 e. The van der Waals surface area contributed by atoms with Gasteiger partial charge in [-0.3, -0.25) is 9.59 Å². The van der Waals surface area contributed by atoms with Crippen LogP contribution in [0.15, 0.2) is 53.4 Å². The predicted molar refractivity (Wildman–Crippen MR) is 107 cm³/mol. The van der Waals surface area contributed by atoms with E-state index >= 15 is 0 Å². The van der Waals surface area contributed by atoms with E-state index in [1.807, 2.05) is 55.5 Å². The van der Waals surface area contributed by atoms with E-state index in [9.17, 15) is 9.59 Å². The van der Waals surface area contributed by atoms with Crippen LogP contribution in [-0.2, 0) is 14.3 Å². The standard InChI is InChI=1S/C21H25NO3S/c1-15(2)18-11-7-8-16(3)21(18)22-19(23)14-25-20(24)12-13-26-17-9-5-4-6-10-17/h4-11,15H,12-14H2,1-3H3,(H,22,23). The van der Waals surface area contributed by atoms with E-state index in [1.165, 1.54) is 0 Å². The van der Waals surface area contributed by atoms with Crippen molar-refractivity contribution < 1.29 is 14.3 Å². The SMILES string of the molecule is Cc1cccc(C(C)C)c1NC(=O)COC(=O)CCSc1ccccc1. The molecule has 0 bridgehead atoms. The van der Waals surface area contributed by atoms with E-state index < -0.39 is 0 Å². The summed E-state index contributed by atoms with van der Waals surface area (Å²) >= 11 is 1.59. The lowest BCUT2D eigenvalue weighted by molar-refractivity contribution is -0.146. The number of ether oxygens (including phenoxy) is 1. The number of thioether (sulfide) groups is 1. The number of nitrogens with one attached hydrogen (secondary N) is 1. The van der Waals surface area contributed by atoms with Crippen LogP contribution in [0.1, 0.15) is 37.3 Å². The second-order valence-corrected chi connectivity index (χ2v) is 7.48. The number of benzene rings is 2. The lowest BCUT2D eigenvalue weighted by Crippen LogP contribution is -2.22. The van der Waals surface area contributed by atoms with E-state index in [2.05, 4.69) is 19.2 Å². The number of amides is 1. The summed E-state index contributed by atoms with van der Waals surface area (Å²) in [5.41, 5.74) is 2.88. The van der Waals surface area contributed by atoms with Gasteiger partial charge < -0.3 is 10.1 Å². The zero-order chi connectivity index (χ0) is 18.9. The minimum atomic E-state index is -0.363. The molecule has 0 saturated carbocycles. The Morgan fingerprint density at radius 3 is 2.50 bits per heavy atom. The zero-order valence-corrected chi connectivity index (χ0v) is 16.3.